The lowest BCUT2D eigenvalue weighted by Crippen LogP contribution is -2.50. The minimum Gasteiger partial charge on any atom is -0.507 e. The van der Waals surface area contributed by atoms with Crippen LogP contribution in [0, 0.1) is 5.92 Å². The average Bonchev–Trinajstić information content (AvgIpc) is 2.61. The summed E-state index contributed by atoms with van der Waals surface area (Å²) in [7, 11) is 0. The highest BCUT2D eigenvalue weighted by Gasteiger charge is 2.32. The fourth-order valence-electron chi connectivity index (χ4n) is 3.83. The molecular weight excluding hydrogens is 344 g/mol. The van der Waals surface area contributed by atoms with Crippen LogP contribution in [0.3, 0.4) is 0 Å². The maximum absolute atomic E-state index is 12.6. The van der Waals surface area contributed by atoms with Gasteiger partial charge >= 0.3 is 5.97 Å². The first kappa shape index (κ1) is 18.0. The van der Waals surface area contributed by atoms with Crippen LogP contribution in [0.25, 0.3) is 0 Å². The van der Waals surface area contributed by atoms with E-state index in [1.54, 1.807) is 17.0 Å². The van der Waals surface area contributed by atoms with Crippen molar-refractivity contribution in [1.82, 2.24) is 9.80 Å². The van der Waals surface area contributed by atoms with Gasteiger partial charge in [-0.1, -0.05) is 11.6 Å². The highest BCUT2D eigenvalue weighted by molar-refractivity contribution is 6.30. The Hall–Kier alpha value is -1.79. The summed E-state index contributed by atoms with van der Waals surface area (Å²) in [6.07, 6.45) is 3.31. The first-order chi connectivity index (χ1) is 12.0. The Morgan fingerprint density at radius 2 is 1.84 bits per heavy atom. The number of phenolic OH excluding ortho intramolecular Hbond substituents is 1. The Morgan fingerprint density at radius 1 is 1.12 bits per heavy atom. The molecule has 3 rings (SSSR count). The number of piperidine rings is 2. The summed E-state index contributed by atoms with van der Waals surface area (Å²) in [5.41, 5.74) is 0.270. The second-order valence-electron chi connectivity index (χ2n) is 6.86. The number of aliphatic carboxylic acids is 1. The van der Waals surface area contributed by atoms with Gasteiger partial charge in [0, 0.05) is 30.7 Å². The molecule has 25 heavy (non-hydrogen) atoms. The van der Waals surface area contributed by atoms with Crippen molar-refractivity contribution in [3.05, 3.63) is 28.8 Å². The molecule has 1 atom stereocenters. The van der Waals surface area contributed by atoms with E-state index in [1.165, 1.54) is 6.07 Å². The van der Waals surface area contributed by atoms with Gasteiger partial charge in [-0.2, -0.15) is 0 Å². The number of amides is 1. The highest BCUT2D eigenvalue weighted by Crippen LogP contribution is 2.27. The molecule has 136 valence electrons. The number of hydrogen-bond acceptors (Lipinski definition) is 4. The third-order valence-corrected chi connectivity index (χ3v) is 5.50. The lowest BCUT2D eigenvalue weighted by atomic mass is 9.94. The van der Waals surface area contributed by atoms with E-state index in [9.17, 15) is 19.8 Å². The lowest BCUT2D eigenvalue weighted by Gasteiger charge is -2.41. The third kappa shape index (κ3) is 4.07. The highest BCUT2D eigenvalue weighted by atomic mass is 35.5. The summed E-state index contributed by atoms with van der Waals surface area (Å²) in [5.74, 6) is -1.27. The predicted octanol–water partition coefficient (Wildman–Crippen LogP) is 2.45. The Morgan fingerprint density at radius 3 is 2.48 bits per heavy atom. The van der Waals surface area contributed by atoms with E-state index < -0.39 is 5.97 Å². The molecule has 2 aliphatic rings. The third-order valence-electron chi connectivity index (χ3n) is 5.26. The number of nitrogens with zero attached hydrogens (tertiary/aromatic N) is 2. The number of phenols is 1. The number of carbonyl (C=O) groups excluding carboxylic acids is 1. The Labute approximate surface area is 152 Å². The van der Waals surface area contributed by atoms with E-state index in [1.807, 2.05) is 0 Å². The van der Waals surface area contributed by atoms with Crippen LogP contribution < -0.4 is 0 Å². The molecule has 0 spiro atoms. The summed E-state index contributed by atoms with van der Waals surface area (Å²) >= 11 is 5.81. The molecule has 7 heteroatoms. The van der Waals surface area contributed by atoms with Gasteiger partial charge in [-0.25, -0.2) is 0 Å². The van der Waals surface area contributed by atoms with Gasteiger partial charge in [-0.15, -0.1) is 0 Å². The van der Waals surface area contributed by atoms with Crippen LogP contribution in [-0.2, 0) is 4.79 Å². The number of carboxylic acid groups (broad SMARTS) is 1. The normalized spacial score (nSPS) is 22.8. The molecular formula is C18H23ClN2O4. The molecule has 0 radical (unpaired) electrons. The van der Waals surface area contributed by atoms with Crippen LogP contribution in [0.5, 0.6) is 5.75 Å². The van der Waals surface area contributed by atoms with Gasteiger partial charge < -0.3 is 15.1 Å². The molecule has 0 aliphatic carbocycles. The number of hydrogen-bond donors (Lipinski definition) is 2. The largest absolute Gasteiger partial charge is 0.507 e. The quantitative estimate of drug-likeness (QED) is 0.858. The summed E-state index contributed by atoms with van der Waals surface area (Å²) in [6, 6.07) is 4.85. The summed E-state index contributed by atoms with van der Waals surface area (Å²) in [6.45, 7) is 2.76. The van der Waals surface area contributed by atoms with Crippen molar-refractivity contribution in [2.45, 2.75) is 31.7 Å². The number of aromatic hydroxyl groups is 1. The van der Waals surface area contributed by atoms with Crippen molar-refractivity contribution in [1.29, 1.82) is 0 Å². The fraction of sp³-hybridized carbons (Fsp3) is 0.556. The van der Waals surface area contributed by atoms with E-state index in [-0.39, 0.29) is 23.1 Å². The van der Waals surface area contributed by atoms with E-state index in [0.717, 1.165) is 32.2 Å². The average molecular weight is 367 g/mol. The SMILES string of the molecule is O=C(O)[C@H]1CCCN(C2CCN(C(=O)c3ccc(Cl)cc3O)CC2)C1. The number of halogens is 1. The van der Waals surface area contributed by atoms with Gasteiger partial charge in [0.25, 0.3) is 5.91 Å². The van der Waals surface area contributed by atoms with Gasteiger partial charge in [0.1, 0.15) is 5.75 Å². The molecule has 0 bridgehead atoms. The molecule has 2 heterocycles. The second kappa shape index (κ2) is 7.62. The zero-order chi connectivity index (χ0) is 18.0. The van der Waals surface area contributed by atoms with Gasteiger partial charge in [0.2, 0.25) is 0 Å². The summed E-state index contributed by atoms with van der Waals surface area (Å²) < 4.78 is 0. The van der Waals surface area contributed by atoms with Crippen molar-refractivity contribution < 1.29 is 19.8 Å². The molecule has 0 unspecified atom stereocenters. The minimum absolute atomic E-state index is 0.0973. The van der Waals surface area contributed by atoms with Gasteiger partial charge in [-0.3, -0.25) is 14.5 Å². The Kier molecular flexibility index (Phi) is 5.49. The number of carboxylic acids is 1. The second-order valence-corrected chi connectivity index (χ2v) is 7.29. The molecule has 0 saturated carbocycles. The van der Waals surface area contributed by atoms with Crippen molar-refractivity contribution >= 4 is 23.5 Å². The maximum Gasteiger partial charge on any atom is 0.307 e. The standard InChI is InChI=1S/C18H23ClN2O4/c19-13-3-4-15(16(22)10-13)17(23)20-8-5-14(6-9-20)21-7-1-2-12(11-21)18(24)25/h3-4,10,12,14,22H,1-2,5-9,11H2,(H,24,25)/t12-/m0/s1. The monoisotopic (exact) mass is 366 g/mol. The first-order valence-electron chi connectivity index (χ1n) is 8.70. The van der Waals surface area contributed by atoms with Crippen molar-refractivity contribution in [2.75, 3.05) is 26.2 Å². The molecule has 1 aromatic rings. The van der Waals surface area contributed by atoms with Crippen LogP contribution in [0.1, 0.15) is 36.0 Å². The summed E-state index contributed by atoms with van der Waals surface area (Å²) in [5, 5.41) is 19.6. The molecule has 2 N–H and O–H groups in total. The van der Waals surface area contributed by atoms with E-state index in [2.05, 4.69) is 4.90 Å². The molecule has 6 nitrogen and oxygen atoms in total. The van der Waals surface area contributed by atoms with Crippen LogP contribution >= 0.6 is 11.6 Å². The van der Waals surface area contributed by atoms with Gasteiger partial charge in [0.05, 0.1) is 11.5 Å². The predicted molar refractivity (Wildman–Crippen MR) is 94.0 cm³/mol. The van der Waals surface area contributed by atoms with Crippen LogP contribution in [0.4, 0.5) is 0 Å². The Bertz CT molecular complexity index is 658. The number of rotatable bonds is 3. The Balaban J connectivity index is 1.58. The van der Waals surface area contributed by atoms with Crippen molar-refractivity contribution in [3.8, 4) is 5.75 Å². The lowest BCUT2D eigenvalue weighted by molar-refractivity contribution is -0.144. The maximum atomic E-state index is 12.6. The van der Waals surface area contributed by atoms with E-state index in [4.69, 9.17) is 11.6 Å². The molecule has 2 fully saturated rings. The minimum atomic E-state index is -0.712. The molecule has 1 amide bonds. The topological polar surface area (TPSA) is 81.1 Å². The van der Waals surface area contributed by atoms with E-state index in [0.29, 0.717) is 30.7 Å². The molecule has 2 aliphatic heterocycles. The number of likely N-dealkylation sites (tertiary alicyclic amines) is 2. The molecule has 0 aromatic heterocycles. The van der Waals surface area contributed by atoms with Crippen LogP contribution in [0.15, 0.2) is 18.2 Å². The van der Waals surface area contributed by atoms with Crippen LogP contribution in [0.2, 0.25) is 5.02 Å². The zero-order valence-corrected chi connectivity index (χ0v) is 14.8. The van der Waals surface area contributed by atoms with Gasteiger partial charge in [-0.05, 0) is 50.4 Å². The summed E-state index contributed by atoms with van der Waals surface area (Å²) in [4.78, 5) is 27.8. The number of carbonyl (C=O) groups is 2. The van der Waals surface area contributed by atoms with Crippen LogP contribution in [-0.4, -0.2) is 64.1 Å². The van der Waals surface area contributed by atoms with Crippen molar-refractivity contribution in [3.63, 3.8) is 0 Å². The molecule has 2 saturated heterocycles. The van der Waals surface area contributed by atoms with E-state index >= 15 is 0 Å². The van der Waals surface area contributed by atoms with Gasteiger partial charge in [0.15, 0.2) is 0 Å². The number of benzene rings is 1. The van der Waals surface area contributed by atoms with Crippen molar-refractivity contribution in [2.24, 2.45) is 5.92 Å². The fourth-order valence-corrected chi connectivity index (χ4v) is 4.00. The zero-order valence-electron chi connectivity index (χ0n) is 14.0. The first-order valence-corrected chi connectivity index (χ1v) is 9.08. The smallest absolute Gasteiger partial charge is 0.307 e. The molecule has 1 aromatic carbocycles.